The first-order valence-corrected chi connectivity index (χ1v) is 6.76. The van der Waals surface area contributed by atoms with Gasteiger partial charge in [0, 0.05) is 23.3 Å². The maximum absolute atomic E-state index is 5.86. The lowest BCUT2D eigenvalue weighted by Gasteiger charge is -2.11. The molecule has 1 aromatic carbocycles. The van der Waals surface area contributed by atoms with E-state index in [1.54, 1.807) is 13.2 Å². The van der Waals surface area contributed by atoms with E-state index in [1.807, 2.05) is 32.9 Å². The van der Waals surface area contributed by atoms with Crippen molar-refractivity contribution in [3.63, 3.8) is 0 Å². The lowest BCUT2D eigenvalue weighted by Crippen LogP contribution is -2.00. The average Bonchev–Trinajstić information content (AvgIpc) is 2.38. The molecule has 5 heteroatoms. The quantitative estimate of drug-likeness (QED) is 0.928. The summed E-state index contributed by atoms with van der Waals surface area (Å²) in [5.74, 6) is 1.90. The number of benzene rings is 1. The summed E-state index contributed by atoms with van der Waals surface area (Å²) in [4.78, 5) is 8.45. The van der Waals surface area contributed by atoms with Crippen LogP contribution >= 0.6 is 15.9 Å². The van der Waals surface area contributed by atoms with Gasteiger partial charge in [-0.2, -0.15) is 4.98 Å². The first-order valence-electron chi connectivity index (χ1n) is 5.97. The van der Waals surface area contributed by atoms with Gasteiger partial charge in [0.15, 0.2) is 0 Å². The lowest BCUT2D eigenvalue weighted by molar-refractivity contribution is 0.457. The molecule has 0 unspecified atom stereocenters. The van der Waals surface area contributed by atoms with Gasteiger partial charge < -0.3 is 10.1 Å². The monoisotopic (exact) mass is 321 g/mol. The van der Waals surface area contributed by atoms with Gasteiger partial charge in [0.25, 0.3) is 0 Å². The van der Waals surface area contributed by atoms with Crippen molar-refractivity contribution in [1.82, 2.24) is 9.97 Å². The molecule has 0 aliphatic rings. The molecule has 19 heavy (non-hydrogen) atoms. The largest absolute Gasteiger partial charge is 0.439 e. The zero-order valence-electron chi connectivity index (χ0n) is 11.4. The van der Waals surface area contributed by atoms with E-state index >= 15 is 0 Å². The fourth-order valence-corrected chi connectivity index (χ4v) is 1.96. The number of nitrogens with one attached hydrogen (secondary N) is 1. The van der Waals surface area contributed by atoms with E-state index in [0.29, 0.717) is 11.8 Å². The summed E-state index contributed by atoms with van der Waals surface area (Å²) in [5, 5.41) is 2.90. The summed E-state index contributed by atoms with van der Waals surface area (Å²) in [6.45, 7) is 6.00. The zero-order valence-corrected chi connectivity index (χ0v) is 13.0. The Morgan fingerprint density at radius 3 is 2.32 bits per heavy atom. The molecule has 0 fully saturated rings. The highest BCUT2D eigenvalue weighted by Crippen LogP contribution is 2.30. The predicted octanol–water partition coefficient (Wildman–Crippen LogP) is 4.00. The van der Waals surface area contributed by atoms with Gasteiger partial charge >= 0.3 is 0 Å². The van der Waals surface area contributed by atoms with Crippen molar-refractivity contribution in [1.29, 1.82) is 0 Å². The average molecular weight is 322 g/mol. The normalized spacial score (nSPS) is 10.4. The summed E-state index contributed by atoms with van der Waals surface area (Å²) in [5.41, 5.74) is 3.17. The number of aryl methyl sites for hydroxylation is 3. The van der Waals surface area contributed by atoms with Crippen molar-refractivity contribution in [2.45, 2.75) is 20.8 Å². The second kappa shape index (κ2) is 5.57. The number of aromatic nitrogens is 2. The minimum atomic E-state index is 0.547. The number of halogens is 1. The third kappa shape index (κ3) is 3.04. The van der Waals surface area contributed by atoms with Gasteiger partial charge in [-0.05, 0) is 44.0 Å². The van der Waals surface area contributed by atoms with E-state index in [2.05, 4.69) is 31.2 Å². The molecule has 0 saturated carbocycles. The smallest absolute Gasteiger partial charge is 0.226 e. The third-order valence-corrected chi connectivity index (χ3v) is 4.02. The van der Waals surface area contributed by atoms with Crippen LogP contribution in [0.1, 0.15) is 16.7 Å². The molecule has 0 saturated heterocycles. The van der Waals surface area contributed by atoms with E-state index < -0.39 is 0 Å². The molecule has 0 bridgehead atoms. The highest BCUT2D eigenvalue weighted by atomic mass is 79.9. The van der Waals surface area contributed by atoms with E-state index in [9.17, 15) is 0 Å². The number of anilines is 1. The molecule has 0 radical (unpaired) electrons. The van der Waals surface area contributed by atoms with Crippen LogP contribution in [-0.2, 0) is 0 Å². The highest BCUT2D eigenvalue weighted by Gasteiger charge is 2.08. The van der Waals surface area contributed by atoms with Crippen LogP contribution in [0.5, 0.6) is 11.6 Å². The van der Waals surface area contributed by atoms with Crippen LogP contribution in [0.15, 0.2) is 22.8 Å². The molecule has 0 atom stereocenters. The second-order valence-corrected chi connectivity index (χ2v) is 5.20. The number of rotatable bonds is 3. The molecule has 1 heterocycles. The van der Waals surface area contributed by atoms with Crippen molar-refractivity contribution in [2.75, 3.05) is 12.4 Å². The van der Waals surface area contributed by atoms with Crippen LogP contribution in [0.25, 0.3) is 0 Å². The molecule has 1 aromatic heterocycles. The Morgan fingerprint density at radius 1 is 1.11 bits per heavy atom. The van der Waals surface area contributed by atoms with Gasteiger partial charge in [-0.3, -0.25) is 0 Å². The van der Waals surface area contributed by atoms with Crippen LogP contribution in [-0.4, -0.2) is 17.0 Å². The van der Waals surface area contributed by atoms with Crippen LogP contribution in [0, 0.1) is 20.8 Å². The van der Waals surface area contributed by atoms with Crippen LogP contribution in [0.2, 0.25) is 0 Å². The summed E-state index contributed by atoms with van der Waals surface area (Å²) < 4.78 is 6.96. The van der Waals surface area contributed by atoms with Gasteiger partial charge in [0.05, 0.1) is 0 Å². The number of hydrogen-bond acceptors (Lipinski definition) is 4. The van der Waals surface area contributed by atoms with Crippen molar-refractivity contribution >= 4 is 21.9 Å². The minimum Gasteiger partial charge on any atom is -0.439 e. The summed E-state index contributed by atoms with van der Waals surface area (Å²) in [6, 6.07) is 3.97. The van der Waals surface area contributed by atoms with E-state index in [1.165, 1.54) is 0 Å². The molecule has 2 aromatic rings. The SMILES string of the molecule is CNc1ncc(C)c(Oc2cc(C)c(Br)c(C)c2)n1. The van der Waals surface area contributed by atoms with Crippen LogP contribution < -0.4 is 10.1 Å². The highest BCUT2D eigenvalue weighted by molar-refractivity contribution is 9.10. The van der Waals surface area contributed by atoms with Crippen molar-refractivity contribution in [2.24, 2.45) is 0 Å². The minimum absolute atomic E-state index is 0.547. The summed E-state index contributed by atoms with van der Waals surface area (Å²) in [6.07, 6.45) is 1.74. The van der Waals surface area contributed by atoms with Crippen LogP contribution in [0.3, 0.4) is 0 Å². The van der Waals surface area contributed by atoms with Gasteiger partial charge in [0.1, 0.15) is 5.75 Å². The molecule has 2 rings (SSSR count). The zero-order chi connectivity index (χ0) is 14.0. The molecule has 0 spiro atoms. The molecule has 0 aliphatic carbocycles. The van der Waals surface area contributed by atoms with Gasteiger partial charge in [0.2, 0.25) is 11.8 Å². The molecular weight excluding hydrogens is 306 g/mol. The lowest BCUT2D eigenvalue weighted by atomic mass is 10.1. The van der Waals surface area contributed by atoms with E-state index in [4.69, 9.17) is 4.74 Å². The standard InChI is InChI=1S/C14H16BrN3O/c1-8-5-11(6-9(2)12(8)15)19-13-10(3)7-17-14(16-4)18-13/h5-7H,1-4H3,(H,16,17,18). The predicted molar refractivity (Wildman–Crippen MR) is 80.0 cm³/mol. The Balaban J connectivity index is 2.36. The van der Waals surface area contributed by atoms with Crippen molar-refractivity contribution in [3.8, 4) is 11.6 Å². The van der Waals surface area contributed by atoms with Gasteiger partial charge in [-0.1, -0.05) is 15.9 Å². The van der Waals surface area contributed by atoms with Crippen molar-refractivity contribution < 1.29 is 4.74 Å². The van der Waals surface area contributed by atoms with E-state index in [-0.39, 0.29) is 0 Å². The Hall–Kier alpha value is -1.62. The van der Waals surface area contributed by atoms with Crippen molar-refractivity contribution in [3.05, 3.63) is 39.5 Å². The Morgan fingerprint density at radius 2 is 1.74 bits per heavy atom. The summed E-state index contributed by atoms with van der Waals surface area (Å²) in [7, 11) is 1.78. The molecular formula is C14H16BrN3O. The van der Waals surface area contributed by atoms with Gasteiger partial charge in [-0.15, -0.1) is 0 Å². The fraction of sp³-hybridized carbons (Fsp3) is 0.286. The number of hydrogen-bond donors (Lipinski definition) is 1. The molecule has 0 amide bonds. The topological polar surface area (TPSA) is 47.0 Å². The van der Waals surface area contributed by atoms with E-state index in [0.717, 1.165) is 26.9 Å². The number of nitrogens with zero attached hydrogens (tertiary/aromatic N) is 2. The summed E-state index contributed by atoms with van der Waals surface area (Å²) >= 11 is 3.54. The maximum Gasteiger partial charge on any atom is 0.226 e. The fourth-order valence-electron chi connectivity index (χ4n) is 1.73. The second-order valence-electron chi connectivity index (χ2n) is 4.40. The Bertz CT molecular complexity index is 591. The Kier molecular flexibility index (Phi) is 4.04. The first kappa shape index (κ1) is 13.8. The first-order chi connectivity index (χ1) is 9.01. The van der Waals surface area contributed by atoms with Gasteiger partial charge in [-0.25, -0.2) is 4.98 Å². The molecule has 1 N–H and O–H groups in total. The maximum atomic E-state index is 5.86. The number of ether oxygens (including phenoxy) is 1. The molecule has 100 valence electrons. The molecule has 0 aliphatic heterocycles. The van der Waals surface area contributed by atoms with Crippen LogP contribution in [0.4, 0.5) is 5.95 Å². The third-order valence-electron chi connectivity index (χ3n) is 2.77. The molecule has 4 nitrogen and oxygen atoms in total. The Labute approximate surface area is 121 Å².